The molecule has 0 bridgehead atoms. The number of rotatable bonds is 5. The minimum atomic E-state index is -0.173. The topological polar surface area (TPSA) is 85.4 Å². The Bertz CT molecular complexity index is 941. The van der Waals surface area contributed by atoms with Crippen LogP contribution in [0.2, 0.25) is 0 Å². The van der Waals surface area contributed by atoms with Gasteiger partial charge < -0.3 is 20.5 Å². The molecule has 1 aromatic heterocycles. The second-order valence-corrected chi connectivity index (χ2v) is 5.96. The van der Waals surface area contributed by atoms with Crippen LogP contribution in [0.1, 0.15) is 16.7 Å². The molecular weight excluding hydrogens is 316 g/mol. The van der Waals surface area contributed by atoms with Crippen molar-refractivity contribution < 1.29 is 15.0 Å². The minimum absolute atomic E-state index is 0.173. The Morgan fingerprint density at radius 3 is 2.84 bits per heavy atom. The van der Waals surface area contributed by atoms with Crippen molar-refractivity contribution in [3.63, 3.8) is 0 Å². The lowest BCUT2D eigenvalue weighted by molar-refractivity contribution is -0.116. The first kappa shape index (κ1) is 16.6. The number of H-pyrrole nitrogens is 1. The summed E-state index contributed by atoms with van der Waals surface area (Å²) in [5, 5.41) is 22.9. The number of benzene rings is 2. The van der Waals surface area contributed by atoms with Gasteiger partial charge in [0.15, 0.2) is 0 Å². The van der Waals surface area contributed by atoms with Gasteiger partial charge in [0.25, 0.3) is 0 Å². The molecule has 0 radical (unpaired) electrons. The van der Waals surface area contributed by atoms with Crippen molar-refractivity contribution in [2.24, 2.45) is 0 Å². The molecule has 0 aliphatic carbocycles. The highest BCUT2D eigenvalue weighted by atomic mass is 16.3. The molecule has 0 saturated carbocycles. The molecule has 4 N–H and O–H groups in total. The predicted octanol–water partition coefficient (Wildman–Crippen LogP) is 3.26. The molecule has 1 heterocycles. The first-order chi connectivity index (χ1) is 12.0. The van der Waals surface area contributed by atoms with Crippen LogP contribution >= 0.6 is 0 Å². The number of carbonyl (C=O) groups is 1. The fourth-order valence-corrected chi connectivity index (χ4v) is 2.71. The van der Waals surface area contributed by atoms with Gasteiger partial charge in [0.1, 0.15) is 11.5 Å². The fourth-order valence-electron chi connectivity index (χ4n) is 2.71. The van der Waals surface area contributed by atoms with E-state index < -0.39 is 0 Å². The zero-order chi connectivity index (χ0) is 17.8. The number of fused-ring (bicyclic) bond motifs is 1. The lowest BCUT2D eigenvalue weighted by Gasteiger charge is -2.03. The highest BCUT2D eigenvalue weighted by Crippen LogP contribution is 2.23. The highest BCUT2D eigenvalue weighted by Gasteiger charge is 2.05. The summed E-state index contributed by atoms with van der Waals surface area (Å²) in [4.78, 5) is 15.1. The monoisotopic (exact) mass is 336 g/mol. The number of nitrogens with one attached hydrogen (secondary N) is 2. The maximum atomic E-state index is 11.9. The molecule has 2 aromatic carbocycles. The van der Waals surface area contributed by atoms with Gasteiger partial charge in [-0.25, -0.2) is 0 Å². The Morgan fingerprint density at radius 2 is 2.04 bits per heavy atom. The first-order valence-corrected chi connectivity index (χ1v) is 8.07. The average Bonchev–Trinajstić information content (AvgIpc) is 2.98. The summed E-state index contributed by atoms with van der Waals surface area (Å²) in [6.45, 7) is 2.31. The van der Waals surface area contributed by atoms with Crippen molar-refractivity contribution in [3.05, 3.63) is 65.4 Å². The minimum Gasteiger partial charge on any atom is -0.508 e. The lowest BCUT2D eigenvalue weighted by atomic mass is 10.1. The van der Waals surface area contributed by atoms with Gasteiger partial charge in [0.2, 0.25) is 5.91 Å². The van der Waals surface area contributed by atoms with E-state index in [-0.39, 0.29) is 17.4 Å². The summed E-state index contributed by atoms with van der Waals surface area (Å²) in [5.41, 5.74) is 3.63. The van der Waals surface area contributed by atoms with Crippen molar-refractivity contribution >= 4 is 22.9 Å². The highest BCUT2D eigenvalue weighted by molar-refractivity contribution is 5.91. The van der Waals surface area contributed by atoms with Crippen LogP contribution in [0.3, 0.4) is 0 Å². The molecule has 0 atom stereocenters. The summed E-state index contributed by atoms with van der Waals surface area (Å²) < 4.78 is 0. The molecule has 0 unspecified atom stereocenters. The van der Waals surface area contributed by atoms with Gasteiger partial charge in [-0.05, 0) is 66.4 Å². The third-order valence-electron chi connectivity index (χ3n) is 4.09. The van der Waals surface area contributed by atoms with Gasteiger partial charge in [-0.3, -0.25) is 4.79 Å². The zero-order valence-electron chi connectivity index (χ0n) is 13.9. The SMILES string of the molecule is Cc1cc(/C=C/C(=O)NCCc2c[nH]c3ccc(O)cc23)ccc1O. The number of amides is 1. The summed E-state index contributed by atoms with van der Waals surface area (Å²) in [6.07, 6.45) is 5.76. The maximum absolute atomic E-state index is 11.9. The number of aryl methyl sites for hydroxylation is 1. The molecule has 5 nitrogen and oxygen atoms in total. The van der Waals surface area contributed by atoms with E-state index in [1.165, 1.54) is 6.08 Å². The standard InChI is InChI=1S/C20H20N2O3/c1-13-10-14(2-6-19(13)24)3-7-20(25)21-9-8-15-12-22-18-5-4-16(23)11-17(15)18/h2-7,10-12,22-24H,8-9H2,1H3,(H,21,25)/b7-3+. The van der Waals surface area contributed by atoms with E-state index in [0.717, 1.165) is 27.6 Å². The Hall–Kier alpha value is -3.21. The molecular formula is C20H20N2O3. The van der Waals surface area contributed by atoms with Gasteiger partial charge in [-0.1, -0.05) is 6.07 Å². The van der Waals surface area contributed by atoms with Crippen LogP contribution in [0, 0.1) is 6.92 Å². The molecule has 5 heteroatoms. The van der Waals surface area contributed by atoms with E-state index in [2.05, 4.69) is 10.3 Å². The number of aromatic hydroxyl groups is 2. The van der Waals surface area contributed by atoms with Gasteiger partial charge in [0, 0.05) is 29.7 Å². The number of aromatic nitrogens is 1. The van der Waals surface area contributed by atoms with Crippen molar-refractivity contribution in [1.29, 1.82) is 0 Å². The van der Waals surface area contributed by atoms with E-state index in [1.54, 1.807) is 30.3 Å². The van der Waals surface area contributed by atoms with Gasteiger partial charge in [0.05, 0.1) is 0 Å². The van der Waals surface area contributed by atoms with E-state index in [4.69, 9.17) is 0 Å². The summed E-state index contributed by atoms with van der Waals surface area (Å²) >= 11 is 0. The number of aromatic amines is 1. The van der Waals surface area contributed by atoms with Crippen LogP contribution in [0.4, 0.5) is 0 Å². The summed E-state index contributed by atoms with van der Waals surface area (Å²) in [5.74, 6) is 0.296. The van der Waals surface area contributed by atoms with Crippen molar-refractivity contribution in [2.75, 3.05) is 6.54 Å². The number of hydrogen-bond acceptors (Lipinski definition) is 3. The molecule has 0 aliphatic heterocycles. The molecule has 128 valence electrons. The van der Waals surface area contributed by atoms with E-state index in [9.17, 15) is 15.0 Å². The van der Waals surface area contributed by atoms with Crippen LogP contribution in [-0.4, -0.2) is 27.6 Å². The van der Waals surface area contributed by atoms with Gasteiger partial charge in [-0.15, -0.1) is 0 Å². The van der Waals surface area contributed by atoms with Gasteiger partial charge in [-0.2, -0.15) is 0 Å². The van der Waals surface area contributed by atoms with Gasteiger partial charge >= 0.3 is 0 Å². The normalized spacial score (nSPS) is 11.2. The molecule has 3 rings (SSSR count). The summed E-state index contributed by atoms with van der Waals surface area (Å²) in [6, 6.07) is 10.4. The Labute approximate surface area is 145 Å². The Balaban J connectivity index is 1.56. The Kier molecular flexibility index (Phi) is 4.75. The largest absolute Gasteiger partial charge is 0.508 e. The van der Waals surface area contributed by atoms with Crippen LogP contribution in [0.25, 0.3) is 17.0 Å². The molecule has 1 amide bonds. The average molecular weight is 336 g/mol. The number of phenols is 2. The second-order valence-electron chi connectivity index (χ2n) is 5.96. The van der Waals surface area contributed by atoms with Crippen molar-refractivity contribution in [1.82, 2.24) is 10.3 Å². The Morgan fingerprint density at radius 1 is 1.20 bits per heavy atom. The third kappa shape index (κ3) is 4.01. The lowest BCUT2D eigenvalue weighted by Crippen LogP contribution is -2.23. The molecule has 0 fully saturated rings. The predicted molar refractivity (Wildman–Crippen MR) is 98.6 cm³/mol. The van der Waals surface area contributed by atoms with E-state index >= 15 is 0 Å². The fraction of sp³-hybridized carbons (Fsp3) is 0.150. The van der Waals surface area contributed by atoms with E-state index in [1.807, 2.05) is 25.3 Å². The first-order valence-electron chi connectivity index (χ1n) is 8.07. The van der Waals surface area contributed by atoms with Crippen LogP contribution < -0.4 is 5.32 Å². The van der Waals surface area contributed by atoms with Crippen LogP contribution in [0.5, 0.6) is 11.5 Å². The van der Waals surface area contributed by atoms with Crippen molar-refractivity contribution in [2.45, 2.75) is 13.3 Å². The molecule has 0 spiro atoms. The quantitative estimate of drug-likeness (QED) is 0.540. The molecule has 0 aliphatic rings. The third-order valence-corrected chi connectivity index (χ3v) is 4.09. The summed E-state index contributed by atoms with van der Waals surface area (Å²) in [7, 11) is 0. The maximum Gasteiger partial charge on any atom is 0.244 e. The molecule has 0 saturated heterocycles. The molecule has 25 heavy (non-hydrogen) atoms. The van der Waals surface area contributed by atoms with Crippen LogP contribution in [-0.2, 0) is 11.2 Å². The smallest absolute Gasteiger partial charge is 0.244 e. The van der Waals surface area contributed by atoms with Crippen molar-refractivity contribution in [3.8, 4) is 11.5 Å². The van der Waals surface area contributed by atoms with E-state index in [0.29, 0.717) is 13.0 Å². The zero-order valence-corrected chi connectivity index (χ0v) is 13.9. The number of carbonyl (C=O) groups excluding carboxylic acids is 1. The number of phenolic OH excluding ortho intramolecular Hbond substituents is 2. The number of hydrogen-bond donors (Lipinski definition) is 4. The molecule has 3 aromatic rings. The van der Waals surface area contributed by atoms with Crippen LogP contribution in [0.15, 0.2) is 48.7 Å². The second kappa shape index (κ2) is 7.13.